The minimum absolute atomic E-state index is 0.0981. The first-order valence-corrected chi connectivity index (χ1v) is 7.47. The summed E-state index contributed by atoms with van der Waals surface area (Å²) in [5.74, 6) is 3.19. The number of benzene rings is 1. The molecule has 1 aromatic rings. The molecule has 0 spiro atoms. The highest BCUT2D eigenvalue weighted by molar-refractivity contribution is 7.99. The summed E-state index contributed by atoms with van der Waals surface area (Å²) in [6.07, 6.45) is 2.62. The Balaban J connectivity index is 2.00. The number of hydrogen-bond acceptors (Lipinski definition) is 4. The molecule has 0 radical (unpaired) electrons. The smallest absolute Gasteiger partial charge is 0.176 e. The lowest BCUT2D eigenvalue weighted by molar-refractivity contribution is 0.0992. The van der Waals surface area contributed by atoms with E-state index in [1.807, 2.05) is 36.0 Å². The van der Waals surface area contributed by atoms with Crippen LogP contribution in [0.2, 0.25) is 0 Å². The Morgan fingerprint density at radius 2 is 2.44 bits per heavy atom. The van der Waals surface area contributed by atoms with E-state index in [0.717, 1.165) is 17.9 Å². The van der Waals surface area contributed by atoms with Gasteiger partial charge in [0.1, 0.15) is 11.9 Å². The Morgan fingerprint density at radius 3 is 3.17 bits per heavy atom. The fourth-order valence-corrected chi connectivity index (χ4v) is 3.04. The predicted octanol–water partition coefficient (Wildman–Crippen LogP) is 2.36. The van der Waals surface area contributed by atoms with Crippen molar-refractivity contribution < 1.29 is 9.53 Å². The SMILES string of the molecule is CNCC(=O)c1cccc(OC2CCCSC2)c1. The second-order valence-corrected chi connectivity index (χ2v) is 5.59. The lowest BCUT2D eigenvalue weighted by Gasteiger charge is -2.22. The van der Waals surface area contributed by atoms with Crippen molar-refractivity contribution >= 4 is 17.5 Å². The van der Waals surface area contributed by atoms with Crippen LogP contribution in [0.3, 0.4) is 0 Å². The van der Waals surface area contributed by atoms with Gasteiger partial charge in [0, 0.05) is 11.3 Å². The number of ketones is 1. The zero-order valence-corrected chi connectivity index (χ0v) is 11.5. The fourth-order valence-electron chi connectivity index (χ4n) is 2.00. The summed E-state index contributed by atoms with van der Waals surface area (Å²) in [4.78, 5) is 11.8. The van der Waals surface area contributed by atoms with Crippen molar-refractivity contribution in [2.24, 2.45) is 0 Å². The van der Waals surface area contributed by atoms with Gasteiger partial charge in [0.2, 0.25) is 0 Å². The summed E-state index contributed by atoms with van der Waals surface area (Å²) >= 11 is 1.94. The van der Waals surface area contributed by atoms with Gasteiger partial charge in [-0.25, -0.2) is 0 Å². The predicted molar refractivity (Wildman–Crippen MR) is 75.7 cm³/mol. The van der Waals surface area contributed by atoms with Gasteiger partial charge in [0.05, 0.1) is 6.54 Å². The highest BCUT2D eigenvalue weighted by Gasteiger charge is 2.15. The number of nitrogens with one attached hydrogen (secondary N) is 1. The lowest BCUT2D eigenvalue weighted by Crippen LogP contribution is -2.23. The molecule has 1 atom stereocenters. The number of carbonyl (C=O) groups excluding carboxylic acids is 1. The summed E-state index contributed by atoms with van der Waals surface area (Å²) in [6, 6.07) is 7.49. The molecule has 0 bridgehead atoms. The maximum atomic E-state index is 11.8. The monoisotopic (exact) mass is 265 g/mol. The summed E-state index contributed by atoms with van der Waals surface area (Å²) < 4.78 is 5.93. The van der Waals surface area contributed by atoms with Gasteiger partial charge in [-0.05, 0) is 37.8 Å². The molecule has 1 saturated heterocycles. The van der Waals surface area contributed by atoms with Crippen LogP contribution in [0.15, 0.2) is 24.3 Å². The average molecular weight is 265 g/mol. The molecule has 1 heterocycles. The first-order valence-electron chi connectivity index (χ1n) is 6.32. The molecule has 98 valence electrons. The van der Waals surface area contributed by atoms with Gasteiger partial charge in [-0.2, -0.15) is 11.8 Å². The molecule has 3 nitrogen and oxygen atoms in total. The van der Waals surface area contributed by atoms with Crippen LogP contribution in [0.5, 0.6) is 5.75 Å². The molecule has 0 aliphatic carbocycles. The highest BCUT2D eigenvalue weighted by atomic mass is 32.2. The molecule has 1 N–H and O–H groups in total. The quantitative estimate of drug-likeness (QED) is 0.830. The molecule has 1 aliphatic heterocycles. The molecule has 2 rings (SSSR count). The van der Waals surface area contributed by atoms with E-state index in [4.69, 9.17) is 4.74 Å². The van der Waals surface area contributed by atoms with Crippen molar-refractivity contribution in [2.75, 3.05) is 25.1 Å². The molecule has 1 fully saturated rings. The molecule has 1 aromatic carbocycles. The average Bonchev–Trinajstić information content (AvgIpc) is 2.40. The van der Waals surface area contributed by atoms with Gasteiger partial charge < -0.3 is 10.1 Å². The molecule has 0 saturated carbocycles. The number of thioether (sulfide) groups is 1. The normalized spacial score (nSPS) is 19.5. The third-order valence-electron chi connectivity index (χ3n) is 2.91. The van der Waals surface area contributed by atoms with Crippen LogP contribution < -0.4 is 10.1 Å². The largest absolute Gasteiger partial charge is 0.490 e. The van der Waals surface area contributed by atoms with Crippen LogP contribution in [0, 0.1) is 0 Å². The van der Waals surface area contributed by atoms with E-state index < -0.39 is 0 Å². The summed E-state index contributed by atoms with van der Waals surface area (Å²) in [5, 5.41) is 2.87. The maximum absolute atomic E-state index is 11.8. The number of likely N-dealkylation sites (N-methyl/N-ethyl adjacent to an activating group) is 1. The van der Waals surface area contributed by atoms with Gasteiger partial charge in [-0.3, -0.25) is 4.79 Å². The Bertz CT molecular complexity index is 403. The highest BCUT2D eigenvalue weighted by Crippen LogP contribution is 2.23. The topological polar surface area (TPSA) is 38.3 Å². The first-order chi connectivity index (χ1) is 8.79. The minimum atomic E-state index is 0.0981. The number of rotatable bonds is 5. The Morgan fingerprint density at radius 1 is 1.56 bits per heavy atom. The number of ether oxygens (including phenoxy) is 1. The van der Waals surface area contributed by atoms with E-state index in [1.54, 1.807) is 7.05 Å². The lowest BCUT2D eigenvalue weighted by atomic mass is 10.1. The van der Waals surface area contributed by atoms with Crippen molar-refractivity contribution in [3.63, 3.8) is 0 Å². The van der Waals surface area contributed by atoms with E-state index in [-0.39, 0.29) is 5.78 Å². The number of carbonyl (C=O) groups is 1. The second-order valence-electron chi connectivity index (χ2n) is 4.44. The van der Waals surface area contributed by atoms with Gasteiger partial charge in [-0.1, -0.05) is 12.1 Å². The van der Waals surface area contributed by atoms with Gasteiger partial charge in [0.15, 0.2) is 5.78 Å². The number of hydrogen-bond donors (Lipinski definition) is 1. The van der Waals surface area contributed by atoms with Crippen LogP contribution in [0.1, 0.15) is 23.2 Å². The van der Waals surface area contributed by atoms with Crippen LogP contribution in [-0.2, 0) is 0 Å². The van der Waals surface area contributed by atoms with Gasteiger partial charge >= 0.3 is 0 Å². The summed E-state index contributed by atoms with van der Waals surface area (Å²) in [5.41, 5.74) is 0.713. The molecular formula is C14H19NO2S. The first kappa shape index (κ1) is 13.4. The molecular weight excluding hydrogens is 246 g/mol. The molecule has 4 heteroatoms. The summed E-state index contributed by atoms with van der Waals surface area (Å²) in [6.45, 7) is 0.364. The Kier molecular flexibility index (Phi) is 5.08. The van der Waals surface area contributed by atoms with Gasteiger partial charge in [-0.15, -0.1) is 0 Å². The van der Waals surface area contributed by atoms with Crippen molar-refractivity contribution in [3.05, 3.63) is 29.8 Å². The van der Waals surface area contributed by atoms with E-state index in [2.05, 4.69) is 5.32 Å². The Hall–Kier alpha value is -1.00. The molecule has 0 aromatic heterocycles. The van der Waals surface area contributed by atoms with E-state index >= 15 is 0 Å². The van der Waals surface area contributed by atoms with E-state index in [0.29, 0.717) is 18.2 Å². The van der Waals surface area contributed by atoms with Crippen molar-refractivity contribution in [1.82, 2.24) is 5.32 Å². The van der Waals surface area contributed by atoms with E-state index in [9.17, 15) is 4.79 Å². The third kappa shape index (κ3) is 3.75. The van der Waals surface area contributed by atoms with Crippen LogP contribution >= 0.6 is 11.8 Å². The van der Waals surface area contributed by atoms with Crippen LogP contribution in [0.25, 0.3) is 0 Å². The molecule has 18 heavy (non-hydrogen) atoms. The molecule has 1 unspecified atom stereocenters. The zero-order chi connectivity index (χ0) is 12.8. The van der Waals surface area contributed by atoms with Crippen LogP contribution in [-0.4, -0.2) is 37.0 Å². The van der Waals surface area contributed by atoms with Gasteiger partial charge in [0.25, 0.3) is 0 Å². The molecule has 1 aliphatic rings. The van der Waals surface area contributed by atoms with Crippen LogP contribution in [0.4, 0.5) is 0 Å². The third-order valence-corrected chi connectivity index (χ3v) is 4.10. The number of Topliss-reactive ketones (excluding diaryl/α,β-unsaturated/α-hetero) is 1. The summed E-state index contributed by atoms with van der Waals surface area (Å²) in [7, 11) is 1.78. The van der Waals surface area contributed by atoms with Crippen molar-refractivity contribution in [1.29, 1.82) is 0 Å². The fraction of sp³-hybridized carbons (Fsp3) is 0.500. The van der Waals surface area contributed by atoms with E-state index in [1.165, 1.54) is 12.2 Å². The van der Waals surface area contributed by atoms with Crippen molar-refractivity contribution in [3.8, 4) is 5.75 Å². The maximum Gasteiger partial charge on any atom is 0.176 e. The molecule has 0 amide bonds. The van der Waals surface area contributed by atoms with Crippen molar-refractivity contribution in [2.45, 2.75) is 18.9 Å². The standard InChI is InChI=1S/C14H19NO2S/c1-15-9-14(16)11-4-2-5-12(8-11)17-13-6-3-7-18-10-13/h2,4-5,8,13,15H,3,6-7,9-10H2,1H3. The zero-order valence-electron chi connectivity index (χ0n) is 10.6. The minimum Gasteiger partial charge on any atom is -0.490 e. The Labute approximate surface area is 112 Å². The second kappa shape index (κ2) is 6.81.